The molecule has 0 aromatic rings. The second-order valence-electron chi connectivity index (χ2n) is 7.60. The highest BCUT2D eigenvalue weighted by Gasteiger charge is 2.50. The molecule has 122 valence electrons. The van der Waals surface area contributed by atoms with E-state index in [2.05, 4.69) is 39.8 Å². The molecular formula is C20H30O2. The van der Waals surface area contributed by atoms with Gasteiger partial charge in [0, 0.05) is 0 Å². The number of allylic oxidation sites excluding steroid dienone is 3. The van der Waals surface area contributed by atoms with Crippen LogP contribution in [0.2, 0.25) is 0 Å². The molecule has 0 aromatic carbocycles. The van der Waals surface area contributed by atoms with Crippen LogP contribution in [0.3, 0.4) is 0 Å². The van der Waals surface area contributed by atoms with Crippen molar-refractivity contribution in [3.8, 4) is 0 Å². The van der Waals surface area contributed by atoms with Gasteiger partial charge in [-0.25, -0.2) is 0 Å². The van der Waals surface area contributed by atoms with Crippen LogP contribution in [0.4, 0.5) is 0 Å². The predicted molar refractivity (Wildman–Crippen MR) is 90.9 cm³/mol. The molecule has 3 atom stereocenters. The van der Waals surface area contributed by atoms with Crippen LogP contribution in [0.25, 0.3) is 0 Å². The van der Waals surface area contributed by atoms with Crippen LogP contribution in [0.5, 0.6) is 0 Å². The van der Waals surface area contributed by atoms with E-state index in [1.807, 2.05) is 0 Å². The molecule has 1 saturated heterocycles. The number of rotatable bonds is 0. The molecule has 2 nitrogen and oxygen atoms in total. The summed E-state index contributed by atoms with van der Waals surface area (Å²) in [6, 6.07) is 0. The average molecular weight is 302 g/mol. The molecule has 2 heteroatoms. The molecule has 2 heterocycles. The maximum absolute atomic E-state index is 5.99. The summed E-state index contributed by atoms with van der Waals surface area (Å²) in [4.78, 5) is 0. The molecule has 0 radical (unpaired) electrons. The molecule has 22 heavy (non-hydrogen) atoms. The fourth-order valence-corrected chi connectivity index (χ4v) is 3.77. The molecule has 3 aliphatic rings. The lowest BCUT2D eigenvalue weighted by atomic mass is 9.93. The fourth-order valence-electron chi connectivity index (χ4n) is 3.77. The van der Waals surface area contributed by atoms with Gasteiger partial charge in [0.25, 0.3) is 0 Å². The van der Waals surface area contributed by atoms with Crippen molar-refractivity contribution in [2.24, 2.45) is 0 Å². The zero-order valence-electron chi connectivity index (χ0n) is 14.6. The van der Waals surface area contributed by atoms with Gasteiger partial charge in [-0.05, 0) is 77.4 Å². The number of hydrogen-bond acceptors (Lipinski definition) is 2. The quantitative estimate of drug-likeness (QED) is 0.458. The van der Waals surface area contributed by atoms with Gasteiger partial charge >= 0.3 is 0 Å². The number of fused-ring (bicyclic) bond motifs is 2. The first-order valence-electron chi connectivity index (χ1n) is 8.79. The maximum atomic E-state index is 5.99. The Morgan fingerprint density at radius 2 is 1.91 bits per heavy atom. The lowest BCUT2D eigenvalue weighted by Gasteiger charge is -2.14. The van der Waals surface area contributed by atoms with Gasteiger partial charge in [-0.1, -0.05) is 23.3 Å². The Hall–Kier alpha value is -0.860. The summed E-state index contributed by atoms with van der Waals surface area (Å²) in [6.07, 6.45) is 12.3. The third-order valence-corrected chi connectivity index (χ3v) is 5.57. The van der Waals surface area contributed by atoms with Crippen molar-refractivity contribution in [2.75, 3.05) is 6.61 Å². The Bertz CT molecular complexity index is 526. The van der Waals surface area contributed by atoms with E-state index in [4.69, 9.17) is 9.47 Å². The molecule has 0 spiro atoms. The van der Waals surface area contributed by atoms with Gasteiger partial charge < -0.3 is 9.47 Å². The maximum Gasteiger partial charge on any atom is 0.0977 e. The molecular weight excluding hydrogens is 272 g/mol. The highest BCUT2D eigenvalue weighted by atomic mass is 16.6. The van der Waals surface area contributed by atoms with E-state index in [9.17, 15) is 0 Å². The topological polar surface area (TPSA) is 21.8 Å². The van der Waals surface area contributed by atoms with E-state index in [1.54, 1.807) is 0 Å². The minimum atomic E-state index is 0.132. The summed E-state index contributed by atoms with van der Waals surface area (Å²) < 4.78 is 12.0. The molecule has 0 N–H and O–H groups in total. The molecule has 2 aliphatic heterocycles. The highest BCUT2D eigenvalue weighted by Crippen LogP contribution is 2.43. The van der Waals surface area contributed by atoms with Crippen molar-refractivity contribution in [2.45, 2.75) is 84.0 Å². The van der Waals surface area contributed by atoms with E-state index < -0.39 is 0 Å². The Balaban J connectivity index is 1.76. The summed E-state index contributed by atoms with van der Waals surface area (Å²) >= 11 is 0. The molecule has 1 fully saturated rings. The van der Waals surface area contributed by atoms with E-state index in [0.717, 1.165) is 45.1 Å². The first-order chi connectivity index (χ1) is 10.5. The summed E-state index contributed by atoms with van der Waals surface area (Å²) in [6.45, 7) is 9.81. The highest BCUT2D eigenvalue weighted by molar-refractivity contribution is 5.29. The van der Waals surface area contributed by atoms with Crippen LogP contribution < -0.4 is 0 Å². The molecule has 3 rings (SSSR count). The molecule has 0 aromatic heterocycles. The Morgan fingerprint density at radius 1 is 1.09 bits per heavy atom. The Labute approximate surface area is 135 Å². The zero-order chi connectivity index (χ0) is 15.7. The van der Waals surface area contributed by atoms with Gasteiger partial charge in [-0.15, -0.1) is 0 Å². The van der Waals surface area contributed by atoms with Crippen molar-refractivity contribution >= 4 is 0 Å². The molecule has 1 aliphatic carbocycles. The largest absolute Gasteiger partial charge is 0.366 e. The van der Waals surface area contributed by atoms with Crippen molar-refractivity contribution < 1.29 is 9.47 Å². The number of ether oxygens (including phenoxy) is 2. The Kier molecular flexibility index (Phi) is 4.61. The van der Waals surface area contributed by atoms with Crippen LogP contribution in [0.15, 0.2) is 34.4 Å². The van der Waals surface area contributed by atoms with Gasteiger partial charge in [0.05, 0.1) is 24.4 Å². The van der Waals surface area contributed by atoms with Crippen molar-refractivity contribution in [3.05, 3.63) is 34.4 Å². The second-order valence-corrected chi connectivity index (χ2v) is 7.60. The summed E-state index contributed by atoms with van der Waals surface area (Å²) in [5.41, 5.74) is 6.03. The van der Waals surface area contributed by atoms with E-state index in [1.165, 1.54) is 22.3 Å². The monoisotopic (exact) mass is 302 g/mol. The second kappa shape index (κ2) is 6.33. The minimum Gasteiger partial charge on any atom is -0.366 e. The fraction of sp³-hybridized carbons (Fsp3) is 0.700. The summed E-state index contributed by atoms with van der Waals surface area (Å²) in [5.74, 6) is 0. The summed E-state index contributed by atoms with van der Waals surface area (Å²) in [5, 5.41) is 0. The zero-order valence-corrected chi connectivity index (χ0v) is 14.6. The van der Waals surface area contributed by atoms with Crippen molar-refractivity contribution in [3.63, 3.8) is 0 Å². The average Bonchev–Trinajstić information content (AvgIpc) is 2.98. The predicted octanol–water partition coefficient (Wildman–Crippen LogP) is 5.11. The lowest BCUT2D eigenvalue weighted by Crippen LogP contribution is -2.11. The molecule has 0 saturated carbocycles. The third-order valence-electron chi connectivity index (χ3n) is 5.57. The van der Waals surface area contributed by atoms with Crippen molar-refractivity contribution in [1.29, 1.82) is 0 Å². The van der Waals surface area contributed by atoms with Crippen LogP contribution in [-0.2, 0) is 9.47 Å². The SMILES string of the molecule is CC1=CCC[C@]2(C)O[C@H]2CCC(C)=C[C@@H]2OCC(C)=C2CC1. The van der Waals surface area contributed by atoms with Crippen LogP contribution in [-0.4, -0.2) is 24.4 Å². The van der Waals surface area contributed by atoms with E-state index in [0.29, 0.717) is 6.10 Å². The smallest absolute Gasteiger partial charge is 0.0977 e. The first kappa shape index (κ1) is 16.0. The standard InChI is InChI=1S/C20H30O2/c1-14-6-5-11-20(4)19(22-20)10-8-15(2)12-18-17(9-7-14)16(3)13-21-18/h6,12,18-19H,5,7-11,13H2,1-4H3/t18-,19-,20-/m0/s1. The van der Waals surface area contributed by atoms with Gasteiger partial charge in [0.2, 0.25) is 0 Å². The van der Waals surface area contributed by atoms with E-state index in [-0.39, 0.29) is 11.7 Å². The lowest BCUT2D eigenvalue weighted by molar-refractivity contribution is 0.150. The Morgan fingerprint density at radius 3 is 2.73 bits per heavy atom. The van der Waals surface area contributed by atoms with Crippen LogP contribution in [0, 0.1) is 0 Å². The molecule has 0 bridgehead atoms. The number of epoxide rings is 1. The number of hydrogen-bond donors (Lipinski definition) is 0. The van der Waals surface area contributed by atoms with Crippen LogP contribution >= 0.6 is 0 Å². The van der Waals surface area contributed by atoms with Crippen molar-refractivity contribution in [1.82, 2.24) is 0 Å². The van der Waals surface area contributed by atoms with Crippen LogP contribution in [0.1, 0.15) is 66.2 Å². The normalized spacial score (nSPS) is 36.9. The van der Waals surface area contributed by atoms with Gasteiger partial charge in [0.1, 0.15) is 0 Å². The van der Waals surface area contributed by atoms with Gasteiger partial charge in [0.15, 0.2) is 0 Å². The van der Waals surface area contributed by atoms with Gasteiger partial charge in [-0.2, -0.15) is 0 Å². The first-order valence-corrected chi connectivity index (χ1v) is 8.79. The molecule has 0 unspecified atom stereocenters. The van der Waals surface area contributed by atoms with E-state index >= 15 is 0 Å². The third kappa shape index (κ3) is 3.55. The summed E-state index contributed by atoms with van der Waals surface area (Å²) in [7, 11) is 0. The van der Waals surface area contributed by atoms with Gasteiger partial charge in [-0.3, -0.25) is 0 Å². The minimum absolute atomic E-state index is 0.132. The molecule has 0 amide bonds.